The third kappa shape index (κ3) is 6.44. The van der Waals surface area contributed by atoms with Gasteiger partial charge in [-0.25, -0.2) is 0 Å². The number of nitrogens with zero attached hydrogens (tertiary/aromatic N) is 1. The van der Waals surface area contributed by atoms with Crippen LogP contribution in [0.1, 0.15) is 22.3 Å². The van der Waals surface area contributed by atoms with Crippen molar-refractivity contribution >= 4 is 59.3 Å². The molecule has 314 valence electrons. The molecule has 1 atom stereocenters. The number of fused-ring (bicyclic) bond motifs is 7. The SMILES string of the molecule is c1ccc(-c2ccc(C3(c4ccccc4)c4ccccc4-c4ccc(-c5ccc(N(c6ccc(-c7cccc8ccccc78)cc6)c6ccc7sc8ccccc8c7c6)cc5)cc43)cc2)cc1. The van der Waals surface area contributed by atoms with Gasteiger partial charge in [0.25, 0.3) is 0 Å². The fourth-order valence-corrected chi connectivity index (χ4v) is 11.9. The normalized spacial score (nSPS) is 14.0. The van der Waals surface area contributed by atoms with E-state index in [9.17, 15) is 0 Å². The lowest BCUT2D eigenvalue weighted by atomic mass is 9.67. The van der Waals surface area contributed by atoms with Crippen molar-refractivity contribution in [2.75, 3.05) is 4.90 Å². The highest BCUT2D eigenvalue weighted by atomic mass is 32.1. The second-order valence-corrected chi connectivity index (χ2v) is 18.7. The summed E-state index contributed by atoms with van der Waals surface area (Å²) in [6.45, 7) is 0. The van der Waals surface area contributed by atoms with Gasteiger partial charge >= 0.3 is 0 Å². The van der Waals surface area contributed by atoms with Crippen LogP contribution in [0.5, 0.6) is 0 Å². The van der Waals surface area contributed by atoms with Gasteiger partial charge in [-0.1, -0.05) is 206 Å². The highest BCUT2D eigenvalue weighted by molar-refractivity contribution is 7.25. The Kier molecular flexibility index (Phi) is 9.33. The first-order valence-electron chi connectivity index (χ1n) is 23.1. The number of hydrogen-bond donors (Lipinski definition) is 0. The quantitative estimate of drug-likeness (QED) is 0.147. The average Bonchev–Trinajstić information content (AvgIpc) is 3.93. The third-order valence-electron chi connectivity index (χ3n) is 14.0. The molecule has 0 saturated heterocycles. The molecule has 13 rings (SSSR count). The van der Waals surface area contributed by atoms with E-state index in [0.29, 0.717) is 0 Å². The first kappa shape index (κ1) is 39.1. The van der Waals surface area contributed by atoms with E-state index in [1.165, 1.54) is 97.7 Å². The van der Waals surface area contributed by atoms with Gasteiger partial charge in [-0.3, -0.25) is 0 Å². The molecule has 2 heteroatoms. The Labute approximate surface area is 395 Å². The van der Waals surface area contributed by atoms with Gasteiger partial charge in [-0.05, 0) is 132 Å². The minimum Gasteiger partial charge on any atom is -0.310 e. The summed E-state index contributed by atoms with van der Waals surface area (Å²) in [5.74, 6) is 0. The first-order valence-corrected chi connectivity index (χ1v) is 23.9. The minimum absolute atomic E-state index is 0.502. The topological polar surface area (TPSA) is 3.24 Å². The van der Waals surface area contributed by atoms with Gasteiger partial charge in [-0.15, -0.1) is 11.3 Å². The smallest absolute Gasteiger partial charge is 0.0713 e. The lowest BCUT2D eigenvalue weighted by Gasteiger charge is -2.34. The zero-order valence-electron chi connectivity index (χ0n) is 36.7. The van der Waals surface area contributed by atoms with Crippen LogP contribution in [0.3, 0.4) is 0 Å². The second kappa shape index (κ2) is 16.0. The van der Waals surface area contributed by atoms with Gasteiger partial charge in [-0.2, -0.15) is 0 Å². The van der Waals surface area contributed by atoms with Crippen molar-refractivity contribution in [2.45, 2.75) is 5.41 Å². The van der Waals surface area contributed by atoms with Crippen molar-refractivity contribution in [3.05, 3.63) is 283 Å². The molecule has 12 aromatic rings. The molecular weight excluding hydrogens is 827 g/mol. The molecule has 1 aliphatic rings. The number of thiophene rings is 1. The molecule has 67 heavy (non-hydrogen) atoms. The Morgan fingerprint density at radius 1 is 0.284 bits per heavy atom. The van der Waals surface area contributed by atoms with Crippen molar-refractivity contribution in [3.8, 4) is 44.5 Å². The van der Waals surface area contributed by atoms with Crippen LogP contribution in [0.25, 0.3) is 75.5 Å². The number of benzene rings is 11. The van der Waals surface area contributed by atoms with Crippen LogP contribution >= 0.6 is 11.3 Å². The van der Waals surface area contributed by atoms with Crippen LogP contribution in [0.15, 0.2) is 261 Å². The van der Waals surface area contributed by atoms with E-state index >= 15 is 0 Å². The maximum absolute atomic E-state index is 2.46. The zero-order chi connectivity index (χ0) is 44.3. The van der Waals surface area contributed by atoms with Crippen molar-refractivity contribution in [1.29, 1.82) is 0 Å². The molecule has 0 bridgehead atoms. The van der Waals surface area contributed by atoms with Crippen LogP contribution < -0.4 is 4.90 Å². The van der Waals surface area contributed by atoms with Crippen molar-refractivity contribution < 1.29 is 0 Å². The van der Waals surface area contributed by atoms with Gasteiger partial charge < -0.3 is 4.90 Å². The molecule has 1 unspecified atom stereocenters. The fourth-order valence-electron chi connectivity index (χ4n) is 10.8. The number of anilines is 3. The molecular formula is C65H43NS. The summed E-state index contributed by atoms with van der Waals surface area (Å²) in [6.07, 6.45) is 0. The molecule has 0 N–H and O–H groups in total. The van der Waals surface area contributed by atoms with E-state index in [0.717, 1.165) is 17.1 Å². The van der Waals surface area contributed by atoms with E-state index in [-0.39, 0.29) is 0 Å². The van der Waals surface area contributed by atoms with Crippen LogP contribution in [0, 0.1) is 0 Å². The van der Waals surface area contributed by atoms with Gasteiger partial charge in [0.2, 0.25) is 0 Å². The highest BCUT2D eigenvalue weighted by Crippen LogP contribution is 2.57. The van der Waals surface area contributed by atoms with E-state index in [2.05, 4.69) is 266 Å². The molecule has 1 aliphatic carbocycles. The van der Waals surface area contributed by atoms with Crippen molar-refractivity contribution in [2.24, 2.45) is 0 Å². The summed E-state index contributed by atoms with van der Waals surface area (Å²) in [6, 6.07) is 96.4. The summed E-state index contributed by atoms with van der Waals surface area (Å²) in [4.78, 5) is 2.40. The monoisotopic (exact) mass is 869 g/mol. The molecule has 0 aliphatic heterocycles. The molecule has 0 fully saturated rings. The summed E-state index contributed by atoms with van der Waals surface area (Å²) < 4.78 is 2.60. The number of hydrogen-bond acceptors (Lipinski definition) is 2. The second-order valence-electron chi connectivity index (χ2n) is 17.6. The molecule has 0 amide bonds. The first-order chi connectivity index (χ1) is 33.2. The van der Waals surface area contributed by atoms with Crippen LogP contribution in [0.4, 0.5) is 17.1 Å². The molecule has 0 radical (unpaired) electrons. The van der Waals surface area contributed by atoms with Crippen LogP contribution in [-0.4, -0.2) is 0 Å². The molecule has 0 spiro atoms. The Morgan fingerprint density at radius 3 is 1.60 bits per heavy atom. The standard InChI is InChI=1S/C65H43NS/c1-3-14-44(15-4-1)45-26-33-51(34-27-45)65(50-18-5-2-6-19-50)61-24-11-9-21-57(61)58-40-32-49(42-62(58)65)46-28-35-52(36-29-46)66(54-39-41-64-60(43-54)59-22-10-12-25-63(59)67-64)53-37-30-48(31-38-53)56-23-13-17-47-16-7-8-20-55(47)56/h1-43H. The predicted molar refractivity (Wildman–Crippen MR) is 285 cm³/mol. The van der Waals surface area contributed by atoms with Crippen molar-refractivity contribution in [1.82, 2.24) is 0 Å². The summed E-state index contributed by atoms with van der Waals surface area (Å²) in [7, 11) is 0. The van der Waals surface area contributed by atoms with E-state index < -0.39 is 5.41 Å². The Bertz CT molecular complexity index is 3770. The molecule has 1 nitrogen and oxygen atoms in total. The zero-order valence-corrected chi connectivity index (χ0v) is 37.5. The Balaban J connectivity index is 0.930. The van der Waals surface area contributed by atoms with E-state index in [4.69, 9.17) is 0 Å². The lowest BCUT2D eigenvalue weighted by Crippen LogP contribution is -2.28. The minimum atomic E-state index is -0.502. The highest BCUT2D eigenvalue weighted by Gasteiger charge is 2.46. The van der Waals surface area contributed by atoms with Gasteiger partial charge in [0.1, 0.15) is 0 Å². The largest absolute Gasteiger partial charge is 0.310 e. The molecule has 1 heterocycles. The van der Waals surface area contributed by atoms with Gasteiger partial charge in [0.15, 0.2) is 0 Å². The van der Waals surface area contributed by atoms with E-state index in [1.807, 2.05) is 11.3 Å². The third-order valence-corrected chi connectivity index (χ3v) is 15.1. The molecule has 1 aromatic heterocycles. The number of rotatable bonds is 8. The summed E-state index contributed by atoms with van der Waals surface area (Å²) in [5, 5.41) is 5.09. The Morgan fingerprint density at radius 2 is 0.806 bits per heavy atom. The maximum atomic E-state index is 2.46. The lowest BCUT2D eigenvalue weighted by molar-refractivity contribution is 0.769. The van der Waals surface area contributed by atoms with E-state index in [1.54, 1.807) is 0 Å². The van der Waals surface area contributed by atoms with Gasteiger partial charge in [0, 0.05) is 37.2 Å². The van der Waals surface area contributed by atoms with Crippen molar-refractivity contribution in [3.63, 3.8) is 0 Å². The van der Waals surface area contributed by atoms with Gasteiger partial charge in [0.05, 0.1) is 5.41 Å². The summed E-state index contributed by atoms with van der Waals surface area (Å²) in [5.41, 5.74) is 17.8. The molecule has 11 aromatic carbocycles. The maximum Gasteiger partial charge on any atom is 0.0713 e. The van der Waals surface area contributed by atoms with Crippen LogP contribution in [0.2, 0.25) is 0 Å². The van der Waals surface area contributed by atoms with Crippen LogP contribution in [-0.2, 0) is 5.41 Å². The average molecular weight is 870 g/mol. The summed E-state index contributed by atoms with van der Waals surface area (Å²) >= 11 is 1.86. The fraction of sp³-hybridized carbons (Fsp3) is 0.0154. The molecule has 0 saturated carbocycles. The Hall–Kier alpha value is -8.30. The predicted octanol–water partition coefficient (Wildman–Crippen LogP) is 18.0.